The maximum atomic E-state index is 11.4. The number of piperidine rings is 1. The molecule has 0 atom stereocenters. The van der Waals surface area contributed by atoms with Crippen LogP contribution in [0.1, 0.15) is 19.8 Å². The molecule has 0 aromatic carbocycles. The first-order valence-electron chi connectivity index (χ1n) is 4.79. The summed E-state index contributed by atoms with van der Waals surface area (Å²) in [4.78, 5) is 11.4. The molecule has 5 heteroatoms. The van der Waals surface area contributed by atoms with Crippen LogP contribution in [0, 0.1) is 11.3 Å². The number of halogens is 1. The van der Waals surface area contributed by atoms with Gasteiger partial charge in [0.15, 0.2) is 0 Å². The van der Waals surface area contributed by atoms with Gasteiger partial charge in [-0.15, -0.1) is 12.4 Å². The highest BCUT2D eigenvalue weighted by atomic mass is 35.5. The molecule has 0 bridgehead atoms. The third-order valence-electron chi connectivity index (χ3n) is 2.15. The first-order valence-corrected chi connectivity index (χ1v) is 4.79. The number of nitrogens with zero attached hydrogens (tertiary/aromatic N) is 1. The van der Waals surface area contributed by atoms with Crippen molar-refractivity contribution in [3.63, 3.8) is 0 Å². The topological polar surface area (TPSA) is 62.1 Å². The number of nitriles is 1. The Kier molecular flexibility index (Phi) is 6.76. The van der Waals surface area contributed by atoms with Crippen molar-refractivity contribution >= 4 is 18.4 Å². The predicted molar refractivity (Wildman–Crippen MR) is 58.6 cm³/mol. The van der Waals surface area contributed by atoms with E-state index in [4.69, 9.17) is 10.00 Å². The van der Waals surface area contributed by atoms with Gasteiger partial charge in [-0.3, -0.25) is 0 Å². The third-order valence-corrected chi connectivity index (χ3v) is 2.15. The smallest absolute Gasteiger partial charge is 0.348 e. The van der Waals surface area contributed by atoms with Gasteiger partial charge in [-0.25, -0.2) is 4.79 Å². The van der Waals surface area contributed by atoms with Crippen molar-refractivity contribution in [1.29, 1.82) is 5.26 Å². The Morgan fingerprint density at radius 2 is 2.13 bits per heavy atom. The van der Waals surface area contributed by atoms with Gasteiger partial charge in [0.25, 0.3) is 0 Å². The number of esters is 1. The quantitative estimate of drug-likeness (QED) is 0.440. The summed E-state index contributed by atoms with van der Waals surface area (Å²) >= 11 is 0. The second-order valence-electron chi connectivity index (χ2n) is 3.06. The van der Waals surface area contributed by atoms with Gasteiger partial charge in [-0.05, 0) is 38.4 Å². The van der Waals surface area contributed by atoms with Crippen molar-refractivity contribution in [2.24, 2.45) is 0 Å². The first-order chi connectivity index (χ1) is 6.79. The summed E-state index contributed by atoms with van der Waals surface area (Å²) in [6.07, 6.45) is 1.53. The number of hydrogen-bond donors (Lipinski definition) is 1. The van der Waals surface area contributed by atoms with Crippen LogP contribution in [0.5, 0.6) is 0 Å². The van der Waals surface area contributed by atoms with Crippen LogP contribution in [0.15, 0.2) is 11.1 Å². The van der Waals surface area contributed by atoms with E-state index in [0.717, 1.165) is 31.5 Å². The molecule has 1 aliphatic rings. The average molecular weight is 231 g/mol. The molecule has 1 saturated heterocycles. The Morgan fingerprint density at radius 1 is 1.53 bits per heavy atom. The van der Waals surface area contributed by atoms with Gasteiger partial charge >= 0.3 is 5.97 Å². The standard InChI is InChI=1S/C10H14N2O2.ClH/c1-2-14-10(13)9(7-11)8-3-5-12-6-4-8;/h12H,2-6H2,1H3;1H. The van der Waals surface area contributed by atoms with Gasteiger partial charge in [-0.1, -0.05) is 0 Å². The molecule has 0 radical (unpaired) electrons. The van der Waals surface area contributed by atoms with E-state index in [-0.39, 0.29) is 18.0 Å². The Balaban J connectivity index is 0.00000196. The fourth-order valence-corrected chi connectivity index (χ4v) is 1.45. The molecule has 0 amide bonds. The molecular formula is C10H15ClN2O2. The third kappa shape index (κ3) is 3.90. The SMILES string of the molecule is CCOC(=O)C(C#N)=C1CCNCC1.Cl. The van der Waals surface area contributed by atoms with Crippen LogP contribution in [-0.4, -0.2) is 25.7 Å². The van der Waals surface area contributed by atoms with Gasteiger partial charge < -0.3 is 10.1 Å². The highest BCUT2D eigenvalue weighted by Gasteiger charge is 2.17. The van der Waals surface area contributed by atoms with Crippen molar-refractivity contribution in [2.45, 2.75) is 19.8 Å². The van der Waals surface area contributed by atoms with E-state index < -0.39 is 5.97 Å². The molecule has 1 rings (SSSR count). The van der Waals surface area contributed by atoms with E-state index in [9.17, 15) is 4.79 Å². The normalized spacial score (nSPS) is 14.8. The predicted octanol–water partition coefficient (Wildman–Crippen LogP) is 1.17. The minimum Gasteiger partial charge on any atom is -0.462 e. The summed E-state index contributed by atoms with van der Waals surface area (Å²) in [7, 11) is 0. The van der Waals surface area contributed by atoms with Crippen LogP contribution in [-0.2, 0) is 9.53 Å². The van der Waals surface area contributed by atoms with Gasteiger partial charge in [0.2, 0.25) is 0 Å². The van der Waals surface area contributed by atoms with Gasteiger partial charge in [0, 0.05) is 0 Å². The lowest BCUT2D eigenvalue weighted by Crippen LogP contribution is -2.25. The van der Waals surface area contributed by atoms with Crippen LogP contribution in [0.25, 0.3) is 0 Å². The Bertz CT molecular complexity index is 286. The zero-order valence-corrected chi connectivity index (χ0v) is 9.52. The zero-order valence-electron chi connectivity index (χ0n) is 8.71. The molecule has 0 aromatic rings. The van der Waals surface area contributed by atoms with E-state index in [2.05, 4.69) is 5.32 Å². The number of nitrogens with one attached hydrogen (secondary N) is 1. The van der Waals surface area contributed by atoms with Crippen molar-refractivity contribution in [3.8, 4) is 6.07 Å². The molecule has 0 aliphatic carbocycles. The van der Waals surface area contributed by atoms with Gasteiger partial charge in [0.1, 0.15) is 11.6 Å². The second-order valence-corrected chi connectivity index (χ2v) is 3.06. The lowest BCUT2D eigenvalue weighted by Gasteiger charge is -2.16. The zero-order chi connectivity index (χ0) is 10.4. The van der Waals surface area contributed by atoms with Crippen molar-refractivity contribution < 1.29 is 9.53 Å². The minimum atomic E-state index is -0.480. The largest absolute Gasteiger partial charge is 0.462 e. The Morgan fingerprint density at radius 3 is 2.60 bits per heavy atom. The second kappa shape index (κ2) is 7.27. The molecule has 4 nitrogen and oxygen atoms in total. The molecule has 0 unspecified atom stereocenters. The molecule has 1 N–H and O–H groups in total. The Hall–Kier alpha value is -1.05. The van der Waals surface area contributed by atoms with Gasteiger partial charge in [0.05, 0.1) is 6.61 Å². The van der Waals surface area contributed by atoms with Crippen molar-refractivity contribution in [3.05, 3.63) is 11.1 Å². The lowest BCUT2D eigenvalue weighted by atomic mass is 10.00. The maximum Gasteiger partial charge on any atom is 0.348 e. The average Bonchev–Trinajstić information content (AvgIpc) is 2.21. The fourth-order valence-electron chi connectivity index (χ4n) is 1.45. The van der Waals surface area contributed by atoms with Crippen LogP contribution in [0.3, 0.4) is 0 Å². The number of rotatable bonds is 2. The van der Waals surface area contributed by atoms with Crippen LogP contribution in [0.4, 0.5) is 0 Å². The molecule has 0 saturated carbocycles. The maximum absolute atomic E-state index is 11.4. The van der Waals surface area contributed by atoms with Crippen LogP contribution in [0.2, 0.25) is 0 Å². The fraction of sp³-hybridized carbons (Fsp3) is 0.600. The number of hydrogen-bond acceptors (Lipinski definition) is 4. The van der Waals surface area contributed by atoms with E-state index in [1.807, 2.05) is 6.07 Å². The summed E-state index contributed by atoms with van der Waals surface area (Å²) in [5.74, 6) is -0.480. The molecule has 1 aliphatic heterocycles. The van der Waals surface area contributed by atoms with E-state index in [1.165, 1.54) is 0 Å². The van der Waals surface area contributed by atoms with E-state index >= 15 is 0 Å². The number of carbonyl (C=O) groups excluding carboxylic acids is 1. The summed E-state index contributed by atoms with van der Waals surface area (Å²) in [5, 5.41) is 12.0. The highest BCUT2D eigenvalue weighted by molar-refractivity contribution is 5.93. The molecule has 84 valence electrons. The summed E-state index contributed by atoms with van der Waals surface area (Å²) in [6.45, 7) is 3.72. The summed E-state index contributed by atoms with van der Waals surface area (Å²) < 4.78 is 4.81. The Labute approximate surface area is 95.7 Å². The summed E-state index contributed by atoms with van der Waals surface area (Å²) in [6, 6.07) is 1.93. The number of ether oxygens (including phenoxy) is 1. The van der Waals surface area contributed by atoms with E-state index in [0.29, 0.717) is 6.61 Å². The molecule has 0 aromatic heterocycles. The number of carbonyl (C=O) groups is 1. The lowest BCUT2D eigenvalue weighted by molar-refractivity contribution is -0.138. The van der Waals surface area contributed by atoms with Crippen molar-refractivity contribution in [2.75, 3.05) is 19.7 Å². The molecule has 0 spiro atoms. The first kappa shape index (κ1) is 13.9. The molecular weight excluding hydrogens is 216 g/mol. The van der Waals surface area contributed by atoms with Gasteiger partial charge in [-0.2, -0.15) is 5.26 Å². The van der Waals surface area contributed by atoms with Crippen LogP contribution < -0.4 is 5.32 Å². The monoisotopic (exact) mass is 230 g/mol. The molecule has 1 fully saturated rings. The van der Waals surface area contributed by atoms with Crippen molar-refractivity contribution in [1.82, 2.24) is 5.32 Å². The highest BCUT2D eigenvalue weighted by Crippen LogP contribution is 2.16. The molecule has 15 heavy (non-hydrogen) atoms. The minimum absolute atomic E-state index is 0. The summed E-state index contributed by atoms with van der Waals surface area (Å²) in [5.41, 5.74) is 1.12. The van der Waals surface area contributed by atoms with E-state index in [1.54, 1.807) is 6.92 Å². The van der Waals surface area contributed by atoms with Crippen LogP contribution >= 0.6 is 12.4 Å². The molecule has 1 heterocycles.